The van der Waals surface area contributed by atoms with Crippen LogP contribution in [0.3, 0.4) is 0 Å². The molecule has 3 rings (SSSR count). The summed E-state index contributed by atoms with van der Waals surface area (Å²) in [5.41, 5.74) is 1.63. The number of nitrogens with one attached hydrogen (secondary N) is 1. The van der Waals surface area contributed by atoms with Crippen LogP contribution in [0.1, 0.15) is 32.1 Å². The number of carbonyl (C=O) groups is 2. The summed E-state index contributed by atoms with van der Waals surface area (Å²) in [6, 6.07) is 7.81. The molecular weight excluding hydrogens is 326 g/mol. The zero-order valence-corrected chi connectivity index (χ0v) is 14.2. The molecule has 128 valence electrons. The van der Waals surface area contributed by atoms with E-state index in [-0.39, 0.29) is 24.2 Å². The summed E-state index contributed by atoms with van der Waals surface area (Å²) in [5.74, 6) is -1.01. The molecule has 1 aliphatic carbocycles. The Labute approximate surface area is 144 Å². The standard InChI is InChI=1S/C17H21N3O3S/c21-15(18-12-6-2-1-3-7-12)10-20-14-9-5-4-8-13(14)19-17(20)24-11-16(22)23/h4-5,8-9,12H,1-3,6-7,10-11H2,(H,18,21)(H,22,23). The molecule has 0 bridgehead atoms. The van der Waals surface area contributed by atoms with Gasteiger partial charge in [0.05, 0.1) is 16.8 Å². The topological polar surface area (TPSA) is 84.2 Å². The van der Waals surface area contributed by atoms with E-state index in [1.165, 1.54) is 19.3 Å². The van der Waals surface area contributed by atoms with E-state index in [1.807, 2.05) is 24.3 Å². The van der Waals surface area contributed by atoms with Crippen LogP contribution in [0.4, 0.5) is 0 Å². The first-order chi connectivity index (χ1) is 11.6. The van der Waals surface area contributed by atoms with Gasteiger partial charge in [0.25, 0.3) is 0 Å². The minimum Gasteiger partial charge on any atom is -0.481 e. The van der Waals surface area contributed by atoms with Gasteiger partial charge in [-0.1, -0.05) is 43.2 Å². The normalized spacial score (nSPS) is 15.5. The number of aliphatic carboxylic acids is 1. The average molecular weight is 347 g/mol. The van der Waals surface area contributed by atoms with Gasteiger partial charge in [0, 0.05) is 6.04 Å². The summed E-state index contributed by atoms with van der Waals surface area (Å²) < 4.78 is 1.81. The van der Waals surface area contributed by atoms with E-state index in [4.69, 9.17) is 5.11 Å². The third-order valence-corrected chi connectivity index (χ3v) is 5.18. The molecule has 1 saturated carbocycles. The lowest BCUT2D eigenvalue weighted by Crippen LogP contribution is -2.38. The Balaban J connectivity index is 1.76. The van der Waals surface area contributed by atoms with Gasteiger partial charge in [-0.05, 0) is 25.0 Å². The van der Waals surface area contributed by atoms with Gasteiger partial charge in [-0.25, -0.2) is 4.98 Å². The third kappa shape index (κ3) is 4.08. The van der Waals surface area contributed by atoms with Gasteiger partial charge in [-0.2, -0.15) is 0 Å². The number of para-hydroxylation sites is 2. The molecule has 1 amide bonds. The predicted molar refractivity (Wildman–Crippen MR) is 93.1 cm³/mol. The van der Waals surface area contributed by atoms with Crippen LogP contribution in [0, 0.1) is 0 Å². The highest BCUT2D eigenvalue weighted by molar-refractivity contribution is 7.99. The minimum absolute atomic E-state index is 0.0396. The number of thioether (sulfide) groups is 1. The molecule has 1 heterocycles. The molecule has 6 nitrogen and oxygen atoms in total. The van der Waals surface area contributed by atoms with Gasteiger partial charge in [0.15, 0.2) is 5.16 Å². The van der Waals surface area contributed by atoms with Crippen molar-refractivity contribution < 1.29 is 14.7 Å². The number of rotatable bonds is 6. The monoisotopic (exact) mass is 347 g/mol. The van der Waals surface area contributed by atoms with Gasteiger partial charge in [-0.15, -0.1) is 0 Å². The van der Waals surface area contributed by atoms with Crippen LogP contribution in [0.15, 0.2) is 29.4 Å². The first-order valence-electron chi connectivity index (χ1n) is 8.22. The van der Waals surface area contributed by atoms with Crippen LogP contribution >= 0.6 is 11.8 Å². The Morgan fingerprint density at radius 2 is 2.00 bits per heavy atom. The number of amides is 1. The van der Waals surface area contributed by atoms with Crippen molar-refractivity contribution >= 4 is 34.7 Å². The van der Waals surface area contributed by atoms with Crippen LogP contribution < -0.4 is 5.32 Å². The van der Waals surface area contributed by atoms with Crippen molar-refractivity contribution in [2.45, 2.75) is 49.8 Å². The molecule has 0 unspecified atom stereocenters. The number of carbonyl (C=O) groups excluding carboxylic acids is 1. The van der Waals surface area contributed by atoms with E-state index in [9.17, 15) is 9.59 Å². The lowest BCUT2D eigenvalue weighted by atomic mass is 9.95. The fourth-order valence-corrected chi connectivity index (χ4v) is 3.84. The number of hydrogen-bond acceptors (Lipinski definition) is 4. The summed E-state index contributed by atoms with van der Waals surface area (Å²) in [5, 5.41) is 12.6. The van der Waals surface area contributed by atoms with Gasteiger partial charge < -0.3 is 15.0 Å². The van der Waals surface area contributed by atoms with Crippen molar-refractivity contribution in [3.63, 3.8) is 0 Å². The van der Waals surface area contributed by atoms with Crippen molar-refractivity contribution in [1.29, 1.82) is 0 Å². The van der Waals surface area contributed by atoms with Gasteiger partial charge in [-0.3, -0.25) is 9.59 Å². The van der Waals surface area contributed by atoms with E-state index in [2.05, 4.69) is 10.3 Å². The van der Waals surface area contributed by atoms with Crippen molar-refractivity contribution in [2.24, 2.45) is 0 Å². The summed E-state index contributed by atoms with van der Waals surface area (Å²) in [6.07, 6.45) is 5.65. The smallest absolute Gasteiger partial charge is 0.313 e. The van der Waals surface area contributed by atoms with Gasteiger partial charge in [0.2, 0.25) is 5.91 Å². The number of nitrogens with zero attached hydrogens (tertiary/aromatic N) is 2. The second-order valence-corrected chi connectivity index (χ2v) is 7.00. The quantitative estimate of drug-likeness (QED) is 0.785. The fraction of sp³-hybridized carbons (Fsp3) is 0.471. The molecule has 1 fully saturated rings. The second kappa shape index (κ2) is 7.70. The summed E-state index contributed by atoms with van der Waals surface area (Å²) in [7, 11) is 0. The first kappa shape index (κ1) is 16.8. The number of benzene rings is 1. The lowest BCUT2D eigenvalue weighted by Gasteiger charge is -2.23. The lowest BCUT2D eigenvalue weighted by molar-refractivity contribution is -0.134. The van der Waals surface area contributed by atoms with E-state index in [0.717, 1.165) is 35.6 Å². The molecule has 1 aromatic carbocycles. The van der Waals surface area contributed by atoms with E-state index < -0.39 is 5.97 Å². The average Bonchev–Trinajstić information content (AvgIpc) is 2.91. The van der Waals surface area contributed by atoms with Crippen LogP contribution in [0.25, 0.3) is 11.0 Å². The zero-order valence-electron chi connectivity index (χ0n) is 13.4. The maximum absolute atomic E-state index is 12.4. The van der Waals surface area contributed by atoms with E-state index in [0.29, 0.717) is 5.16 Å². The summed E-state index contributed by atoms with van der Waals surface area (Å²) in [6.45, 7) is 0.166. The van der Waals surface area contributed by atoms with E-state index >= 15 is 0 Å². The molecule has 0 saturated heterocycles. The number of aromatic nitrogens is 2. The molecule has 1 aliphatic rings. The fourth-order valence-electron chi connectivity index (χ4n) is 3.11. The molecule has 2 aromatic rings. The number of hydrogen-bond donors (Lipinski definition) is 2. The third-order valence-electron chi connectivity index (χ3n) is 4.22. The molecule has 7 heteroatoms. The predicted octanol–water partition coefficient (Wildman–Crippen LogP) is 2.66. The molecule has 0 spiro atoms. The largest absolute Gasteiger partial charge is 0.481 e. The number of carboxylic acids is 1. The molecule has 0 atom stereocenters. The Morgan fingerprint density at radius 1 is 1.25 bits per heavy atom. The Morgan fingerprint density at radius 3 is 2.75 bits per heavy atom. The molecule has 24 heavy (non-hydrogen) atoms. The zero-order chi connectivity index (χ0) is 16.9. The molecular formula is C17H21N3O3S. The highest BCUT2D eigenvalue weighted by atomic mass is 32.2. The van der Waals surface area contributed by atoms with Crippen molar-refractivity contribution in [3.8, 4) is 0 Å². The van der Waals surface area contributed by atoms with Crippen molar-refractivity contribution in [1.82, 2.24) is 14.9 Å². The maximum Gasteiger partial charge on any atom is 0.313 e. The van der Waals surface area contributed by atoms with Gasteiger partial charge >= 0.3 is 5.97 Å². The van der Waals surface area contributed by atoms with Gasteiger partial charge in [0.1, 0.15) is 6.54 Å². The van der Waals surface area contributed by atoms with Crippen molar-refractivity contribution in [2.75, 3.05) is 5.75 Å². The number of imidazole rings is 1. The molecule has 1 aromatic heterocycles. The summed E-state index contributed by atoms with van der Waals surface area (Å²) in [4.78, 5) is 27.7. The number of carboxylic acid groups (broad SMARTS) is 1. The Kier molecular flexibility index (Phi) is 5.40. The molecule has 2 N–H and O–H groups in total. The van der Waals surface area contributed by atoms with Crippen LogP contribution in [-0.2, 0) is 16.1 Å². The van der Waals surface area contributed by atoms with Crippen LogP contribution in [0.5, 0.6) is 0 Å². The molecule has 0 radical (unpaired) electrons. The Hall–Kier alpha value is -2.02. The minimum atomic E-state index is -0.898. The van der Waals surface area contributed by atoms with Crippen LogP contribution in [-0.4, -0.2) is 38.3 Å². The maximum atomic E-state index is 12.4. The number of fused-ring (bicyclic) bond motifs is 1. The summed E-state index contributed by atoms with van der Waals surface area (Å²) >= 11 is 1.14. The highest BCUT2D eigenvalue weighted by Gasteiger charge is 2.19. The highest BCUT2D eigenvalue weighted by Crippen LogP contribution is 2.24. The first-order valence-corrected chi connectivity index (χ1v) is 9.21. The Bertz CT molecular complexity index is 738. The second-order valence-electron chi connectivity index (χ2n) is 6.05. The SMILES string of the molecule is O=C(O)CSc1nc2ccccc2n1CC(=O)NC1CCCCC1. The van der Waals surface area contributed by atoms with Crippen LogP contribution in [0.2, 0.25) is 0 Å². The van der Waals surface area contributed by atoms with Crippen molar-refractivity contribution in [3.05, 3.63) is 24.3 Å². The molecule has 0 aliphatic heterocycles. The van der Waals surface area contributed by atoms with E-state index in [1.54, 1.807) is 4.57 Å².